The fourth-order valence-corrected chi connectivity index (χ4v) is 3.16. The van der Waals surface area contributed by atoms with Gasteiger partial charge in [-0.1, -0.05) is 19.9 Å². The highest BCUT2D eigenvalue weighted by atomic mass is 79.9. The number of nitrogens with one attached hydrogen (secondary N) is 1. The van der Waals surface area contributed by atoms with Gasteiger partial charge >= 0.3 is 0 Å². The third-order valence-corrected chi connectivity index (χ3v) is 4.55. The quantitative estimate of drug-likeness (QED) is 0.870. The highest BCUT2D eigenvalue weighted by Crippen LogP contribution is 2.30. The van der Waals surface area contributed by atoms with Crippen molar-refractivity contribution in [2.45, 2.75) is 32.7 Å². The van der Waals surface area contributed by atoms with E-state index < -0.39 is 0 Å². The molecular formula is C16H24BrFN2. The van der Waals surface area contributed by atoms with Crippen molar-refractivity contribution in [1.82, 2.24) is 10.2 Å². The molecule has 1 aromatic carbocycles. The van der Waals surface area contributed by atoms with Crippen LogP contribution in [-0.4, -0.2) is 31.1 Å². The fraction of sp³-hybridized carbons (Fsp3) is 0.625. The number of halogens is 2. The van der Waals surface area contributed by atoms with Crippen LogP contribution >= 0.6 is 15.9 Å². The van der Waals surface area contributed by atoms with E-state index in [-0.39, 0.29) is 5.82 Å². The van der Waals surface area contributed by atoms with Gasteiger partial charge in [-0.15, -0.1) is 0 Å². The molecule has 0 unspecified atom stereocenters. The molecule has 0 spiro atoms. The lowest BCUT2D eigenvalue weighted by molar-refractivity contribution is 0.159. The SMILES string of the molecule is CC(C)CC[C@@H](c1ccc(F)c(Br)c1)N1CCNCC1. The Hall–Kier alpha value is -0.450. The molecule has 1 aromatic rings. The van der Waals surface area contributed by atoms with E-state index >= 15 is 0 Å². The highest BCUT2D eigenvalue weighted by molar-refractivity contribution is 9.10. The third kappa shape index (κ3) is 4.27. The molecule has 1 aliphatic heterocycles. The lowest BCUT2D eigenvalue weighted by atomic mass is 9.96. The molecule has 2 nitrogen and oxygen atoms in total. The Morgan fingerprint density at radius 1 is 1.25 bits per heavy atom. The van der Waals surface area contributed by atoms with E-state index in [1.807, 2.05) is 12.1 Å². The lowest BCUT2D eigenvalue weighted by Crippen LogP contribution is -2.45. The van der Waals surface area contributed by atoms with Gasteiger partial charge in [-0.3, -0.25) is 4.90 Å². The maximum absolute atomic E-state index is 13.4. The number of piperazine rings is 1. The molecule has 1 heterocycles. The zero-order chi connectivity index (χ0) is 14.5. The molecule has 1 atom stereocenters. The molecule has 0 aromatic heterocycles. The standard InChI is InChI=1S/C16H24BrFN2/c1-12(2)3-6-16(20-9-7-19-8-10-20)13-4-5-15(18)14(17)11-13/h4-5,11-12,16,19H,3,6-10H2,1-2H3/t16-/m0/s1. The predicted octanol–water partition coefficient (Wildman–Crippen LogP) is 3.97. The molecular weight excluding hydrogens is 319 g/mol. The number of hydrogen-bond acceptors (Lipinski definition) is 2. The first-order valence-corrected chi connectivity index (χ1v) is 8.27. The van der Waals surface area contributed by atoms with Gasteiger partial charge in [0.15, 0.2) is 0 Å². The Bertz CT molecular complexity index is 430. The maximum Gasteiger partial charge on any atom is 0.137 e. The van der Waals surface area contributed by atoms with Crippen molar-refractivity contribution in [2.24, 2.45) is 5.92 Å². The summed E-state index contributed by atoms with van der Waals surface area (Å²) in [6.07, 6.45) is 2.33. The Balaban J connectivity index is 2.17. The van der Waals surface area contributed by atoms with Gasteiger partial charge in [-0.2, -0.15) is 0 Å². The van der Waals surface area contributed by atoms with Crippen LogP contribution in [0.4, 0.5) is 4.39 Å². The van der Waals surface area contributed by atoms with Crippen molar-refractivity contribution < 1.29 is 4.39 Å². The summed E-state index contributed by atoms with van der Waals surface area (Å²) in [5.74, 6) is 0.515. The monoisotopic (exact) mass is 342 g/mol. The molecule has 20 heavy (non-hydrogen) atoms. The molecule has 1 saturated heterocycles. The molecule has 112 valence electrons. The fourth-order valence-electron chi connectivity index (χ4n) is 2.76. The van der Waals surface area contributed by atoms with Crippen molar-refractivity contribution in [3.05, 3.63) is 34.1 Å². The smallest absolute Gasteiger partial charge is 0.137 e. The van der Waals surface area contributed by atoms with Crippen molar-refractivity contribution in [2.75, 3.05) is 26.2 Å². The second-order valence-electron chi connectivity index (χ2n) is 5.95. The van der Waals surface area contributed by atoms with E-state index in [9.17, 15) is 4.39 Å². The predicted molar refractivity (Wildman–Crippen MR) is 85.4 cm³/mol. The van der Waals surface area contributed by atoms with Crippen molar-refractivity contribution in [1.29, 1.82) is 0 Å². The lowest BCUT2D eigenvalue weighted by Gasteiger charge is -2.35. The topological polar surface area (TPSA) is 15.3 Å². The Morgan fingerprint density at radius 3 is 2.55 bits per heavy atom. The average Bonchev–Trinajstić information content (AvgIpc) is 2.44. The largest absolute Gasteiger partial charge is 0.314 e. The van der Waals surface area contributed by atoms with Crippen LogP contribution < -0.4 is 5.32 Å². The minimum absolute atomic E-state index is 0.184. The normalized spacial score (nSPS) is 18.4. The molecule has 1 fully saturated rings. The Kier molecular flexibility index (Phi) is 6.00. The minimum Gasteiger partial charge on any atom is -0.314 e. The zero-order valence-corrected chi connectivity index (χ0v) is 13.9. The van der Waals surface area contributed by atoms with E-state index in [0.717, 1.165) is 32.6 Å². The number of rotatable bonds is 5. The molecule has 0 bridgehead atoms. The van der Waals surface area contributed by atoms with Crippen molar-refractivity contribution in [3.8, 4) is 0 Å². The highest BCUT2D eigenvalue weighted by Gasteiger charge is 2.22. The average molecular weight is 343 g/mol. The van der Waals surface area contributed by atoms with Gasteiger partial charge in [0.25, 0.3) is 0 Å². The summed E-state index contributed by atoms with van der Waals surface area (Å²) in [4.78, 5) is 2.53. The van der Waals surface area contributed by atoms with E-state index in [4.69, 9.17) is 0 Å². The number of nitrogens with zero attached hydrogens (tertiary/aromatic N) is 1. The zero-order valence-electron chi connectivity index (χ0n) is 12.3. The van der Waals surface area contributed by atoms with E-state index in [1.54, 1.807) is 6.07 Å². The van der Waals surface area contributed by atoms with Crippen LogP contribution in [0.2, 0.25) is 0 Å². The number of benzene rings is 1. The third-order valence-electron chi connectivity index (χ3n) is 3.94. The Labute approximate surface area is 129 Å². The van der Waals surface area contributed by atoms with Gasteiger partial charge in [-0.05, 0) is 52.4 Å². The van der Waals surface area contributed by atoms with Crippen LogP contribution in [0.3, 0.4) is 0 Å². The number of hydrogen-bond donors (Lipinski definition) is 1. The first kappa shape index (κ1) is 15.9. The summed E-state index contributed by atoms with van der Waals surface area (Å²) in [7, 11) is 0. The summed E-state index contributed by atoms with van der Waals surface area (Å²) in [5.41, 5.74) is 1.22. The van der Waals surface area contributed by atoms with Gasteiger partial charge in [0.05, 0.1) is 4.47 Å². The van der Waals surface area contributed by atoms with Gasteiger partial charge in [0, 0.05) is 32.2 Å². The molecule has 1 aliphatic rings. The second kappa shape index (κ2) is 7.53. The van der Waals surface area contributed by atoms with Gasteiger partial charge in [-0.25, -0.2) is 4.39 Å². The van der Waals surface area contributed by atoms with Crippen LogP contribution in [0.15, 0.2) is 22.7 Å². The molecule has 0 aliphatic carbocycles. The molecule has 0 saturated carbocycles. The van der Waals surface area contributed by atoms with Gasteiger partial charge in [0.2, 0.25) is 0 Å². The molecule has 0 amide bonds. The van der Waals surface area contributed by atoms with Crippen molar-refractivity contribution >= 4 is 15.9 Å². The van der Waals surface area contributed by atoms with Crippen LogP contribution in [0, 0.1) is 11.7 Å². The van der Waals surface area contributed by atoms with Gasteiger partial charge in [0.1, 0.15) is 5.82 Å². The van der Waals surface area contributed by atoms with Crippen molar-refractivity contribution in [3.63, 3.8) is 0 Å². The van der Waals surface area contributed by atoms with E-state index in [2.05, 4.69) is 40.0 Å². The first-order valence-electron chi connectivity index (χ1n) is 7.47. The first-order chi connectivity index (χ1) is 9.58. The summed E-state index contributed by atoms with van der Waals surface area (Å²) < 4.78 is 14.0. The van der Waals surface area contributed by atoms with Crippen LogP contribution in [0.1, 0.15) is 38.3 Å². The summed E-state index contributed by atoms with van der Waals surface area (Å²) in [6.45, 7) is 8.74. The molecule has 4 heteroatoms. The molecule has 0 radical (unpaired) electrons. The summed E-state index contributed by atoms with van der Waals surface area (Å²) >= 11 is 3.31. The summed E-state index contributed by atoms with van der Waals surface area (Å²) in [6, 6.07) is 5.86. The maximum atomic E-state index is 13.4. The molecule has 2 rings (SSSR count). The second-order valence-corrected chi connectivity index (χ2v) is 6.80. The van der Waals surface area contributed by atoms with Crippen LogP contribution in [-0.2, 0) is 0 Å². The van der Waals surface area contributed by atoms with E-state index in [0.29, 0.717) is 16.4 Å². The minimum atomic E-state index is -0.184. The molecule has 1 N–H and O–H groups in total. The van der Waals surface area contributed by atoms with Crippen LogP contribution in [0.25, 0.3) is 0 Å². The van der Waals surface area contributed by atoms with E-state index in [1.165, 1.54) is 12.0 Å². The van der Waals surface area contributed by atoms with Crippen LogP contribution in [0.5, 0.6) is 0 Å². The van der Waals surface area contributed by atoms with Gasteiger partial charge < -0.3 is 5.32 Å². The Morgan fingerprint density at radius 2 is 1.95 bits per heavy atom. The summed E-state index contributed by atoms with van der Waals surface area (Å²) in [5, 5.41) is 3.40.